The van der Waals surface area contributed by atoms with Gasteiger partial charge in [-0.1, -0.05) is 29.8 Å². The van der Waals surface area contributed by atoms with E-state index in [-0.39, 0.29) is 11.9 Å². The minimum Gasteiger partial charge on any atom is -0.448 e. The Morgan fingerprint density at radius 1 is 1.36 bits per heavy atom. The van der Waals surface area contributed by atoms with Crippen LogP contribution in [0.15, 0.2) is 36.4 Å². The standard InChI is InChI=1S/C16H14ClNO3S/c1-9(13-6-7-14(17)22-13)18-15(19)12-8-10-4-2-3-5-11(10)16(20)21-12/h2-7,9,12H,8H2,1H3,(H,18,19)/t9-,12-/m0/s1. The second-order valence-electron chi connectivity index (χ2n) is 5.13. The third kappa shape index (κ3) is 3.00. The van der Waals surface area contributed by atoms with Gasteiger partial charge in [-0.25, -0.2) is 4.79 Å². The second kappa shape index (κ2) is 6.10. The molecule has 4 nitrogen and oxygen atoms in total. The van der Waals surface area contributed by atoms with E-state index in [4.69, 9.17) is 16.3 Å². The highest BCUT2D eigenvalue weighted by atomic mass is 35.5. The Morgan fingerprint density at radius 2 is 2.14 bits per heavy atom. The van der Waals surface area contributed by atoms with Crippen molar-refractivity contribution in [1.29, 1.82) is 0 Å². The number of rotatable bonds is 3. The number of carbonyl (C=O) groups excluding carboxylic acids is 2. The van der Waals surface area contributed by atoms with Crippen LogP contribution in [0.5, 0.6) is 0 Å². The number of amides is 1. The summed E-state index contributed by atoms with van der Waals surface area (Å²) in [5.74, 6) is -0.742. The number of hydrogen-bond acceptors (Lipinski definition) is 4. The van der Waals surface area contributed by atoms with Crippen molar-refractivity contribution < 1.29 is 14.3 Å². The average molecular weight is 336 g/mol. The van der Waals surface area contributed by atoms with Gasteiger partial charge in [0, 0.05) is 11.3 Å². The highest BCUT2D eigenvalue weighted by molar-refractivity contribution is 7.16. The molecule has 0 fully saturated rings. The van der Waals surface area contributed by atoms with E-state index in [2.05, 4.69) is 5.32 Å². The van der Waals surface area contributed by atoms with Gasteiger partial charge in [0.2, 0.25) is 0 Å². The number of ether oxygens (including phenoxy) is 1. The van der Waals surface area contributed by atoms with Crippen LogP contribution in [0.25, 0.3) is 0 Å². The number of hydrogen-bond donors (Lipinski definition) is 1. The van der Waals surface area contributed by atoms with Crippen molar-refractivity contribution >= 4 is 34.8 Å². The van der Waals surface area contributed by atoms with Crippen molar-refractivity contribution in [2.75, 3.05) is 0 Å². The van der Waals surface area contributed by atoms with E-state index in [0.29, 0.717) is 16.3 Å². The Bertz CT molecular complexity index is 728. The molecule has 0 aliphatic carbocycles. The van der Waals surface area contributed by atoms with Gasteiger partial charge in [-0.2, -0.15) is 0 Å². The van der Waals surface area contributed by atoms with Crippen molar-refractivity contribution in [3.8, 4) is 0 Å². The van der Waals surface area contributed by atoms with Gasteiger partial charge in [-0.05, 0) is 30.7 Å². The summed E-state index contributed by atoms with van der Waals surface area (Å²) in [5, 5.41) is 2.87. The summed E-state index contributed by atoms with van der Waals surface area (Å²) in [6.45, 7) is 1.87. The van der Waals surface area contributed by atoms with Crippen LogP contribution in [0.2, 0.25) is 4.34 Å². The van der Waals surface area contributed by atoms with Gasteiger partial charge < -0.3 is 10.1 Å². The first kappa shape index (κ1) is 15.1. The van der Waals surface area contributed by atoms with Gasteiger partial charge >= 0.3 is 5.97 Å². The lowest BCUT2D eigenvalue weighted by Gasteiger charge is -2.25. The summed E-state index contributed by atoms with van der Waals surface area (Å²) in [6, 6.07) is 10.7. The molecule has 0 radical (unpaired) electrons. The minimum absolute atomic E-state index is 0.180. The number of carbonyl (C=O) groups is 2. The summed E-state index contributed by atoms with van der Waals surface area (Å²) in [7, 11) is 0. The summed E-state index contributed by atoms with van der Waals surface area (Å²) >= 11 is 7.32. The maximum Gasteiger partial charge on any atom is 0.339 e. The molecule has 2 heterocycles. The molecule has 0 saturated heterocycles. The smallest absolute Gasteiger partial charge is 0.339 e. The zero-order chi connectivity index (χ0) is 15.7. The van der Waals surface area contributed by atoms with E-state index in [9.17, 15) is 9.59 Å². The van der Waals surface area contributed by atoms with Crippen molar-refractivity contribution in [2.45, 2.75) is 25.5 Å². The van der Waals surface area contributed by atoms with E-state index in [1.165, 1.54) is 11.3 Å². The van der Waals surface area contributed by atoms with Crippen LogP contribution in [0.3, 0.4) is 0 Å². The number of cyclic esters (lactones) is 1. The average Bonchev–Trinajstić information content (AvgIpc) is 2.94. The summed E-state index contributed by atoms with van der Waals surface area (Å²) < 4.78 is 5.92. The van der Waals surface area contributed by atoms with Crippen LogP contribution in [0.4, 0.5) is 0 Å². The zero-order valence-electron chi connectivity index (χ0n) is 11.8. The molecule has 6 heteroatoms. The van der Waals surface area contributed by atoms with Crippen LogP contribution < -0.4 is 5.32 Å². The lowest BCUT2D eigenvalue weighted by Crippen LogP contribution is -2.42. The Morgan fingerprint density at radius 3 is 2.86 bits per heavy atom. The van der Waals surface area contributed by atoms with Crippen LogP contribution in [0, 0.1) is 0 Å². The van der Waals surface area contributed by atoms with Gasteiger partial charge in [0.1, 0.15) is 0 Å². The lowest BCUT2D eigenvalue weighted by molar-refractivity contribution is -0.131. The number of halogens is 1. The van der Waals surface area contributed by atoms with Crippen LogP contribution in [0.1, 0.15) is 33.8 Å². The van der Waals surface area contributed by atoms with E-state index in [0.717, 1.165) is 10.4 Å². The maximum absolute atomic E-state index is 12.3. The molecule has 2 atom stereocenters. The fourth-order valence-corrected chi connectivity index (χ4v) is 3.48. The normalized spacial score (nSPS) is 18.3. The van der Waals surface area contributed by atoms with E-state index >= 15 is 0 Å². The molecule has 1 aromatic heterocycles. The monoisotopic (exact) mass is 335 g/mol. The molecule has 1 N–H and O–H groups in total. The van der Waals surface area contributed by atoms with E-state index in [1.54, 1.807) is 18.2 Å². The Labute approximate surface area is 137 Å². The minimum atomic E-state index is -0.791. The molecule has 1 aromatic carbocycles. The highest BCUT2D eigenvalue weighted by Gasteiger charge is 2.31. The van der Waals surface area contributed by atoms with Crippen molar-refractivity contribution in [3.63, 3.8) is 0 Å². The number of fused-ring (bicyclic) bond motifs is 1. The molecular weight excluding hydrogens is 322 g/mol. The van der Waals surface area contributed by atoms with Crippen LogP contribution >= 0.6 is 22.9 Å². The molecule has 0 unspecified atom stereocenters. The molecule has 0 saturated carbocycles. The number of thiophene rings is 1. The topological polar surface area (TPSA) is 55.4 Å². The maximum atomic E-state index is 12.3. The first-order valence-electron chi connectivity index (χ1n) is 6.89. The number of benzene rings is 1. The molecule has 3 rings (SSSR count). The van der Waals surface area contributed by atoms with Gasteiger partial charge in [0.05, 0.1) is 15.9 Å². The Hall–Kier alpha value is -1.85. The summed E-state index contributed by atoms with van der Waals surface area (Å²) in [4.78, 5) is 25.2. The predicted molar refractivity (Wildman–Crippen MR) is 85.2 cm³/mol. The second-order valence-corrected chi connectivity index (χ2v) is 6.87. The third-order valence-corrected chi connectivity index (χ3v) is 4.98. The van der Waals surface area contributed by atoms with Gasteiger partial charge in [-0.3, -0.25) is 4.79 Å². The first-order valence-corrected chi connectivity index (χ1v) is 8.08. The number of esters is 1. The molecule has 1 aliphatic rings. The molecule has 22 heavy (non-hydrogen) atoms. The predicted octanol–water partition coefficient (Wildman–Crippen LogP) is 3.36. The fraction of sp³-hybridized carbons (Fsp3) is 0.250. The van der Waals surface area contributed by atoms with Crippen LogP contribution in [-0.2, 0) is 16.0 Å². The first-order chi connectivity index (χ1) is 10.5. The largest absolute Gasteiger partial charge is 0.448 e. The molecule has 1 aliphatic heterocycles. The van der Waals surface area contributed by atoms with E-state index in [1.807, 2.05) is 25.1 Å². The molecule has 0 bridgehead atoms. The highest BCUT2D eigenvalue weighted by Crippen LogP contribution is 2.27. The molecule has 0 spiro atoms. The molecular formula is C16H14ClNO3S. The van der Waals surface area contributed by atoms with Crippen molar-refractivity contribution in [1.82, 2.24) is 5.32 Å². The lowest BCUT2D eigenvalue weighted by atomic mass is 9.98. The summed E-state index contributed by atoms with van der Waals surface area (Å²) in [6.07, 6.45) is -0.397. The third-order valence-electron chi connectivity index (χ3n) is 3.56. The van der Waals surface area contributed by atoms with Gasteiger partial charge in [0.25, 0.3) is 5.91 Å². The molecule has 114 valence electrons. The van der Waals surface area contributed by atoms with E-state index < -0.39 is 12.1 Å². The fourth-order valence-electron chi connectivity index (χ4n) is 2.42. The van der Waals surface area contributed by atoms with Crippen molar-refractivity contribution in [3.05, 3.63) is 56.7 Å². The van der Waals surface area contributed by atoms with Gasteiger partial charge in [0.15, 0.2) is 6.10 Å². The van der Waals surface area contributed by atoms with Crippen molar-refractivity contribution in [2.24, 2.45) is 0 Å². The summed E-state index contributed by atoms with van der Waals surface area (Å²) in [5.41, 5.74) is 1.37. The Balaban J connectivity index is 1.70. The van der Waals surface area contributed by atoms with Gasteiger partial charge in [-0.15, -0.1) is 11.3 Å². The van der Waals surface area contributed by atoms with Crippen LogP contribution in [-0.4, -0.2) is 18.0 Å². The Kier molecular flexibility index (Phi) is 4.18. The number of nitrogens with one attached hydrogen (secondary N) is 1. The zero-order valence-corrected chi connectivity index (χ0v) is 13.4. The SMILES string of the molecule is C[C@H](NC(=O)[C@@H]1Cc2ccccc2C(=O)O1)c1ccc(Cl)s1. The molecule has 1 amide bonds. The molecule has 2 aromatic rings. The quantitative estimate of drug-likeness (QED) is 0.875.